The van der Waals surface area contributed by atoms with E-state index in [1.165, 1.54) is 12.1 Å². The SMILES string of the molecule is CCCS(=O)(=O)Nc1cccc(C(=O)NCCc2cccc(C(=O)O)c2)c1. The molecule has 0 radical (unpaired) electrons. The number of carbonyl (C=O) groups is 2. The molecule has 0 aliphatic rings. The molecule has 0 fully saturated rings. The number of amides is 1. The summed E-state index contributed by atoms with van der Waals surface area (Å²) in [5, 5.41) is 11.7. The Labute approximate surface area is 158 Å². The molecule has 7 nitrogen and oxygen atoms in total. The van der Waals surface area contributed by atoms with E-state index in [4.69, 9.17) is 5.11 Å². The van der Waals surface area contributed by atoms with Gasteiger partial charge in [-0.15, -0.1) is 0 Å². The normalized spacial score (nSPS) is 11.0. The first kappa shape index (κ1) is 20.4. The molecule has 0 saturated carbocycles. The molecule has 1 amide bonds. The minimum absolute atomic E-state index is 0.0127. The van der Waals surface area contributed by atoms with Crippen LogP contribution in [0.25, 0.3) is 0 Å². The highest BCUT2D eigenvalue weighted by atomic mass is 32.2. The third-order valence-electron chi connectivity index (χ3n) is 3.74. The molecule has 0 spiro atoms. The van der Waals surface area contributed by atoms with Gasteiger partial charge in [-0.1, -0.05) is 25.1 Å². The molecule has 0 aliphatic carbocycles. The van der Waals surface area contributed by atoms with Gasteiger partial charge in [0.2, 0.25) is 10.0 Å². The Bertz CT molecular complexity index is 925. The maximum Gasteiger partial charge on any atom is 0.335 e. The van der Waals surface area contributed by atoms with Gasteiger partial charge < -0.3 is 10.4 Å². The van der Waals surface area contributed by atoms with E-state index in [0.717, 1.165) is 5.56 Å². The van der Waals surface area contributed by atoms with Gasteiger partial charge in [0.1, 0.15) is 0 Å². The van der Waals surface area contributed by atoms with E-state index in [1.807, 2.05) is 0 Å². The van der Waals surface area contributed by atoms with Gasteiger partial charge in [0.05, 0.1) is 11.3 Å². The summed E-state index contributed by atoms with van der Waals surface area (Å²) >= 11 is 0. The van der Waals surface area contributed by atoms with E-state index in [1.54, 1.807) is 43.3 Å². The van der Waals surface area contributed by atoms with Crippen molar-refractivity contribution in [3.8, 4) is 0 Å². The van der Waals surface area contributed by atoms with Gasteiger partial charge >= 0.3 is 5.97 Å². The van der Waals surface area contributed by atoms with Crippen LogP contribution < -0.4 is 10.0 Å². The van der Waals surface area contributed by atoms with Crippen LogP contribution in [0.5, 0.6) is 0 Å². The largest absolute Gasteiger partial charge is 0.478 e. The molecule has 2 aromatic rings. The topological polar surface area (TPSA) is 113 Å². The number of carboxylic acid groups (broad SMARTS) is 1. The number of hydrogen-bond acceptors (Lipinski definition) is 4. The van der Waals surface area contributed by atoms with Gasteiger partial charge in [-0.3, -0.25) is 9.52 Å². The van der Waals surface area contributed by atoms with Crippen LogP contribution in [-0.4, -0.2) is 37.7 Å². The molecule has 0 bridgehead atoms. The number of anilines is 1. The lowest BCUT2D eigenvalue weighted by Gasteiger charge is -2.09. The molecule has 2 aromatic carbocycles. The maximum absolute atomic E-state index is 12.3. The lowest BCUT2D eigenvalue weighted by molar-refractivity contribution is 0.0696. The van der Waals surface area contributed by atoms with E-state index < -0.39 is 16.0 Å². The van der Waals surface area contributed by atoms with E-state index in [0.29, 0.717) is 30.6 Å². The third kappa shape index (κ3) is 6.41. The minimum atomic E-state index is -3.42. The van der Waals surface area contributed by atoms with Gasteiger partial charge in [-0.05, 0) is 48.7 Å². The molecule has 27 heavy (non-hydrogen) atoms. The lowest BCUT2D eigenvalue weighted by Crippen LogP contribution is -2.26. The number of sulfonamides is 1. The Morgan fingerprint density at radius 2 is 1.74 bits per heavy atom. The van der Waals surface area contributed by atoms with Crippen LogP contribution in [0, 0.1) is 0 Å². The number of aromatic carboxylic acids is 1. The second-order valence-corrected chi connectivity index (χ2v) is 7.86. The quantitative estimate of drug-likeness (QED) is 0.609. The van der Waals surface area contributed by atoms with Crippen LogP contribution >= 0.6 is 0 Å². The fourth-order valence-electron chi connectivity index (χ4n) is 2.51. The Balaban J connectivity index is 1.95. The zero-order valence-corrected chi connectivity index (χ0v) is 15.8. The number of rotatable bonds is 9. The van der Waals surface area contributed by atoms with Crippen molar-refractivity contribution in [1.29, 1.82) is 0 Å². The molecule has 0 saturated heterocycles. The summed E-state index contributed by atoms with van der Waals surface area (Å²) in [5.74, 6) is -1.32. The van der Waals surface area contributed by atoms with Crippen LogP contribution in [0.15, 0.2) is 48.5 Å². The summed E-state index contributed by atoms with van der Waals surface area (Å²) < 4.78 is 26.1. The summed E-state index contributed by atoms with van der Waals surface area (Å²) in [6, 6.07) is 12.8. The Morgan fingerprint density at radius 3 is 2.44 bits per heavy atom. The average molecular weight is 390 g/mol. The van der Waals surface area contributed by atoms with Crippen molar-refractivity contribution in [3.63, 3.8) is 0 Å². The van der Waals surface area contributed by atoms with Crippen molar-refractivity contribution in [3.05, 3.63) is 65.2 Å². The molecule has 0 aromatic heterocycles. The van der Waals surface area contributed by atoms with E-state index in [9.17, 15) is 18.0 Å². The monoisotopic (exact) mass is 390 g/mol. The number of hydrogen-bond donors (Lipinski definition) is 3. The van der Waals surface area contributed by atoms with Crippen molar-refractivity contribution in [2.24, 2.45) is 0 Å². The predicted molar refractivity (Wildman–Crippen MR) is 104 cm³/mol. The Hall–Kier alpha value is -2.87. The highest BCUT2D eigenvalue weighted by Crippen LogP contribution is 2.13. The van der Waals surface area contributed by atoms with Crippen molar-refractivity contribution < 1.29 is 23.1 Å². The van der Waals surface area contributed by atoms with Gasteiger partial charge in [-0.25, -0.2) is 13.2 Å². The standard InChI is InChI=1S/C19H22N2O5S/c1-2-11-27(25,26)21-17-8-4-6-15(13-17)18(22)20-10-9-14-5-3-7-16(12-14)19(23)24/h3-8,12-13,21H,2,9-11H2,1H3,(H,20,22)(H,23,24). The van der Waals surface area contributed by atoms with Gasteiger partial charge in [0, 0.05) is 17.8 Å². The van der Waals surface area contributed by atoms with Crippen LogP contribution in [0.3, 0.4) is 0 Å². The molecular formula is C19H22N2O5S. The highest BCUT2D eigenvalue weighted by Gasteiger charge is 2.11. The average Bonchev–Trinajstić information content (AvgIpc) is 2.61. The van der Waals surface area contributed by atoms with Gasteiger partial charge in [-0.2, -0.15) is 0 Å². The van der Waals surface area contributed by atoms with E-state index in [-0.39, 0.29) is 17.2 Å². The molecule has 3 N–H and O–H groups in total. The fraction of sp³-hybridized carbons (Fsp3) is 0.263. The zero-order valence-electron chi connectivity index (χ0n) is 14.9. The molecular weight excluding hydrogens is 368 g/mol. The first-order valence-corrected chi connectivity index (χ1v) is 10.2. The summed E-state index contributed by atoms with van der Waals surface area (Å²) in [6.07, 6.45) is 0.980. The third-order valence-corrected chi connectivity index (χ3v) is 5.24. The van der Waals surface area contributed by atoms with E-state index >= 15 is 0 Å². The second kappa shape index (κ2) is 9.18. The predicted octanol–water partition coefficient (Wildman–Crippen LogP) is 2.51. The number of nitrogens with one attached hydrogen (secondary N) is 2. The van der Waals surface area contributed by atoms with Crippen molar-refractivity contribution in [1.82, 2.24) is 5.32 Å². The maximum atomic E-state index is 12.3. The summed E-state index contributed by atoms with van der Waals surface area (Å²) in [7, 11) is -3.42. The van der Waals surface area contributed by atoms with Crippen molar-refractivity contribution in [2.75, 3.05) is 17.0 Å². The van der Waals surface area contributed by atoms with Crippen molar-refractivity contribution in [2.45, 2.75) is 19.8 Å². The van der Waals surface area contributed by atoms with E-state index in [2.05, 4.69) is 10.0 Å². The summed E-state index contributed by atoms with van der Waals surface area (Å²) in [5.41, 5.74) is 1.68. The number of benzene rings is 2. The molecule has 8 heteroatoms. The smallest absolute Gasteiger partial charge is 0.335 e. The molecule has 0 atom stereocenters. The Morgan fingerprint density at radius 1 is 1.04 bits per heavy atom. The molecule has 144 valence electrons. The summed E-state index contributed by atoms with van der Waals surface area (Å²) in [4.78, 5) is 23.2. The molecule has 0 heterocycles. The number of carbonyl (C=O) groups excluding carboxylic acids is 1. The second-order valence-electron chi connectivity index (χ2n) is 6.01. The zero-order chi connectivity index (χ0) is 19.9. The highest BCUT2D eigenvalue weighted by molar-refractivity contribution is 7.92. The van der Waals surface area contributed by atoms with Crippen LogP contribution in [0.1, 0.15) is 39.6 Å². The minimum Gasteiger partial charge on any atom is -0.478 e. The molecule has 0 aliphatic heterocycles. The fourth-order valence-corrected chi connectivity index (χ4v) is 3.63. The summed E-state index contributed by atoms with van der Waals surface area (Å²) in [6.45, 7) is 2.10. The first-order chi connectivity index (χ1) is 12.8. The van der Waals surface area contributed by atoms with Gasteiger partial charge in [0.15, 0.2) is 0 Å². The number of carboxylic acids is 1. The van der Waals surface area contributed by atoms with Gasteiger partial charge in [0.25, 0.3) is 5.91 Å². The molecule has 2 rings (SSSR count). The van der Waals surface area contributed by atoms with Crippen molar-refractivity contribution >= 4 is 27.6 Å². The van der Waals surface area contributed by atoms with Crippen LogP contribution in [-0.2, 0) is 16.4 Å². The Kier molecular flexibility index (Phi) is 6.95. The van der Waals surface area contributed by atoms with Crippen LogP contribution in [0.2, 0.25) is 0 Å². The molecule has 0 unspecified atom stereocenters. The first-order valence-electron chi connectivity index (χ1n) is 8.51. The lowest BCUT2D eigenvalue weighted by atomic mass is 10.1. The van der Waals surface area contributed by atoms with Crippen LogP contribution in [0.4, 0.5) is 5.69 Å².